The van der Waals surface area contributed by atoms with E-state index in [1.807, 2.05) is 42.2 Å². The fraction of sp³-hybridized carbons (Fsp3) is 0.381. The van der Waals surface area contributed by atoms with Gasteiger partial charge in [-0.3, -0.25) is 4.79 Å². The quantitative estimate of drug-likeness (QED) is 0.845. The predicted molar refractivity (Wildman–Crippen MR) is 102 cm³/mol. The number of aromatic hydroxyl groups is 1. The average Bonchev–Trinajstić information content (AvgIpc) is 3.19. The van der Waals surface area contributed by atoms with Crippen LogP contribution >= 0.6 is 0 Å². The first-order chi connectivity index (χ1) is 13.2. The van der Waals surface area contributed by atoms with Gasteiger partial charge in [0.05, 0.1) is 18.3 Å². The van der Waals surface area contributed by atoms with Gasteiger partial charge in [-0.25, -0.2) is 0 Å². The van der Waals surface area contributed by atoms with E-state index in [2.05, 4.69) is 5.32 Å². The number of rotatable bonds is 5. The van der Waals surface area contributed by atoms with Gasteiger partial charge in [0.15, 0.2) is 11.5 Å². The predicted octanol–water partition coefficient (Wildman–Crippen LogP) is 3.54. The van der Waals surface area contributed by atoms with E-state index >= 15 is 0 Å². The molecule has 27 heavy (non-hydrogen) atoms. The summed E-state index contributed by atoms with van der Waals surface area (Å²) in [7, 11) is 0. The van der Waals surface area contributed by atoms with Crippen LogP contribution in [0.15, 0.2) is 42.5 Å². The highest BCUT2D eigenvalue weighted by atomic mass is 16.5. The first kappa shape index (κ1) is 17.7. The van der Waals surface area contributed by atoms with Crippen LogP contribution < -0.4 is 10.1 Å². The minimum atomic E-state index is -0.351. The lowest BCUT2D eigenvalue weighted by Gasteiger charge is -2.39. The molecule has 0 radical (unpaired) electrons. The molecule has 2 aliphatic heterocycles. The molecule has 2 aromatic carbocycles. The Balaban J connectivity index is 1.71. The van der Waals surface area contributed by atoms with Gasteiger partial charge >= 0.3 is 0 Å². The highest BCUT2D eigenvalue weighted by molar-refractivity contribution is 6.01. The van der Waals surface area contributed by atoms with Crippen molar-refractivity contribution in [2.45, 2.75) is 32.0 Å². The Morgan fingerprint density at radius 2 is 2.15 bits per heavy atom. The van der Waals surface area contributed by atoms with Gasteiger partial charge in [0.1, 0.15) is 6.17 Å². The monoisotopic (exact) mass is 368 g/mol. The summed E-state index contributed by atoms with van der Waals surface area (Å²) in [6, 6.07) is 12.8. The molecule has 1 saturated heterocycles. The lowest BCUT2D eigenvalue weighted by molar-refractivity contribution is 0.0426. The summed E-state index contributed by atoms with van der Waals surface area (Å²) in [5, 5.41) is 13.5. The summed E-state index contributed by atoms with van der Waals surface area (Å²) in [4.78, 5) is 15.0. The minimum Gasteiger partial charge on any atom is -0.504 e. The number of hydrogen-bond donors (Lipinski definition) is 2. The zero-order chi connectivity index (χ0) is 18.8. The molecule has 2 heterocycles. The van der Waals surface area contributed by atoms with Gasteiger partial charge in [0, 0.05) is 18.8 Å². The Morgan fingerprint density at radius 3 is 2.93 bits per heavy atom. The molecule has 2 N–H and O–H groups in total. The van der Waals surface area contributed by atoms with E-state index < -0.39 is 0 Å². The molecule has 4 rings (SSSR count). The molecule has 0 bridgehead atoms. The molecule has 2 aromatic rings. The zero-order valence-electron chi connectivity index (χ0n) is 15.4. The van der Waals surface area contributed by atoms with Crippen LogP contribution in [0, 0.1) is 0 Å². The first-order valence-electron chi connectivity index (χ1n) is 9.41. The molecule has 6 heteroatoms. The number of carbonyl (C=O) groups excluding carboxylic acids is 1. The number of phenols is 1. The van der Waals surface area contributed by atoms with Crippen LogP contribution in [-0.4, -0.2) is 41.8 Å². The van der Waals surface area contributed by atoms with Gasteiger partial charge in [-0.15, -0.1) is 0 Å². The highest BCUT2D eigenvalue weighted by Gasteiger charge is 2.35. The molecular weight excluding hydrogens is 344 g/mol. The second kappa shape index (κ2) is 7.48. The number of fused-ring (bicyclic) bond motifs is 1. The maximum Gasteiger partial charge on any atom is 0.257 e. The van der Waals surface area contributed by atoms with Crippen molar-refractivity contribution in [3.63, 3.8) is 0 Å². The van der Waals surface area contributed by atoms with Crippen molar-refractivity contribution in [1.82, 2.24) is 4.90 Å². The molecule has 2 atom stereocenters. The second-order valence-corrected chi connectivity index (χ2v) is 6.85. The van der Waals surface area contributed by atoms with E-state index in [0.29, 0.717) is 24.5 Å². The molecule has 2 aliphatic rings. The Kier molecular flexibility index (Phi) is 4.90. The number of para-hydroxylation sites is 1. The normalized spacial score (nSPS) is 21.7. The van der Waals surface area contributed by atoms with Crippen molar-refractivity contribution < 1.29 is 19.4 Å². The van der Waals surface area contributed by atoms with Crippen LogP contribution in [0.25, 0.3) is 0 Å². The summed E-state index contributed by atoms with van der Waals surface area (Å²) in [5.74, 6) is 0.491. The van der Waals surface area contributed by atoms with E-state index in [0.717, 1.165) is 30.7 Å². The molecule has 0 aromatic heterocycles. The van der Waals surface area contributed by atoms with E-state index in [-0.39, 0.29) is 23.9 Å². The van der Waals surface area contributed by atoms with Crippen molar-refractivity contribution >= 4 is 11.6 Å². The van der Waals surface area contributed by atoms with Crippen molar-refractivity contribution in [2.24, 2.45) is 0 Å². The van der Waals surface area contributed by atoms with Gasteiger partial charge in [-0.05, 0) is 49.6 Å². The third-order valence-corrected chi connectivity index (χ3v) is 5.05. The lowest BCUT2D eigenvalue weighted by Crippen LogP contribution is -2.46. The average molecular weight is 368 g/mol. The largest absolute Gasteiger partial charge is 0.504 e. The van der Waals surface area contributed by atoms with Gasteiger partial charge in [-0.1, -0.05) is 18.2 Å². The SMILES string of the molecule is CCOc1cc([C@@H]2Nc3ccccc3C(=O)N2C[C@H]2CCCO2)ccc1O. The third-order valence-electron chi connectivity index (χ3n) is 5.05. The minimum absolute atomic E-state index is 0.0177. The number of ether oxygens (including phenoxy) is 2. The van der Waals surface area contributed by atoms with Crippen molar-refractivity contribution in [1.29, 1.82) is 0 Å². The number of anilines is 1. The van der Waals surface area contributed by atoms with Crippen LogP contribution in [0.4, 0.5) is 5.69 Å². The molecule has 0 spiro atoms. The smallest absolute Gasteiger partial charge is 0.257 e. The molecular formula is C21H24N2O4. The fourth-order valence-electron chi connectivity index (χ4n) is 3.72. The third kappa shape index (κ3) is 3.45. The topological polar surface area (TPSA) is 71.0 Å². The molecule has 0 unspecified atom stereocenters. The van der Waals surface area contributed by atoms with Crippen LogP contribution in [0.1, 0.15) is 41.9 Å². The van der Waals surface area contributed by atoms with E-state index in [1.54, 1.807) is 12.1 Å². The molecule has 1 amide bonds. The standard InChI is InChI=1S/C21H24N2O4/c1-2-26-19-12-14(9-10-18(19)24)20-22-17-8-4-3-7-16(17)21(25)23(20)13-15-6-5-11-27-15/h3-4,7-10,12,15,20,22,24H,2,5-6,11,13H2,1H3/t15-,20-/m1/s1. The Hall–Kier alpha value is -2.73. The molecule has 142 valence electrons. The molecule has 0 aliphatic carbocycles. The van der Waals surface area contributed by atoms with E-state index in [1.165, 1.54) is 0 Å². The number of benzene rings is 2. The summed E-state index contributed by atoms with van der Waals surface area (Å²) in [5.41, 5.74) is 2.33. The second-order valence-electron chi connectivity index (χ2n) is 6.85. The van der Waals surface area contributed by atoms with E-state index in [4.69, 9.17) is 9.47 Å². The fourth-order valence-corrected chi connectivity index (χ4v) is 3.72. The summed E-state index contributed by atoms with van der Waals surface area (Å²) >= 11 is 0. The van der Waals surface area contributed by atoms with Crippen molar-refractivity contribution in [3.8, 4) is 11.5 Å². The van der Waals surface area contributed by atoms with E-state index in [9.17, 15) is 9.90 Å². The zero-order valence-corrected chi connectivity index (χ0v) is 15.4. The van der Waals surface area contributed by atoms with Gasteiger partial charge in [0.2, 0.25) is 0 Å². The maximum absolute atomic E-state index is 13.2. The number of nitrogens with one attached hydrogen (secondary N) is 1. The van der Waals surface area contributed by atoms with Crippen LogP contribution in [-0.2, 0) is 4.74 Å². The number of phenolic OH excluding ortho intramolecular Hbond substituents is 1. The number of amides is 1. The number of carbonyl (C=O) groups is 1. The van der Waals surface area contributed by atoms with Gasteiger partial charge < -0.3 is 24.8 Å². The van der Waals surface area contributed by atoms with Crippen LogP contribution in [0.5, 0.6) is 11.5 Å². The Morgan fingerprint density at radius 1 is 1.30 bits per heavy atom. The van der Waals surface area contributed by atoms with Crippen molar-refractivity contribution in [2.75, 3.05) is 25.1 Å². The highest BCUT2D eigenvalue weighted by Crippen LogP contribution is 2.37. The summed E-state index contributed by atoms with van der Waals surface area (Å²) in [6.07, 6.45) is 1.68. The number of nitrogens with zero attached hydrogens (tertiary/aromatic N) is 1. The van der Waals surface area contributed by atoms with Crippen LogP contribution in [0.2, 0.25) is 0 Å². The summed E-state index contributed by atoms with van der Waals surface area (Å²) < 4.78 is 11.3. The number of hydrogen-bond acceptors (Lipinski definition) is 5. The lowest BCUT2D eigenvalue weighted by atomic mass is 10.0. The maximum atomic E-state index is 13.2. The molecule has 6 nitrogen and oxygen atoms in total. The van der Waals surface area contributed by atoms with Crippen LogP contribution in [0.3, 0.4) is 0 Å². The molecule has 1 fully saturated rings. The van der Waals surface area contributed by atoms with Gasteiger partial charge in [0.25, 0.3) is 5.91 Å². The Bertz CT molecular complexity index is 833. The Labute approximate surface area is 158 Å². The van der Waals surface area contributed by atoms with Gasteiger partial charge in [-0.2, -0.15) is 0 Å². The first-order valence-corrected chi connectivity index (χ1v) is 9.41. The summed E-state index contributed by atoms with van der Waals surface area (Å²) in [6.45, 7) is 3.59. The van der Waals surface area contributed by atoms with Crippen molar-refractivity contribution in [3.05, 3.63) is 53.6 Å². The molecule has 0 saturated carbocycles.